The number of carbonyl (C=O) groups is 1. The van der Waals surface area contributed by atoms with Crippen LogP contribution in [0.15, 0.2) is 12.1 Å². The summed E-state index contributed by atoms with van der Waals surface area (Å²) in [5.74, 6) is 1.20. The van der Waals surface area contributed by atoms with Crippen molar-refractivity contribution < 1.29 is 14.3 Å². The molecule has 0 radical (unpaired) electrons. The first-order valence-electron chi connectivity index (χ1n) is 6.64. The number of amides is 1. The number of carbonyl (C=O) groups excluding carboxylic acids is 1. The van der Waals surface area contributed by atoms with Gasteiger partial charge in [0.2, 0.25) is 5.91 Å². The van der Waals surface area contributed by atoms with Crippen molar-refractivity contribution in [2.45, 2.75) is 19.8 Å². The highest BCUT2D eigenvalue weighted by atomic mass is 16.5. The lowest BCUT2D eigenvalue weighted by molar-refractivity contribution is -0.120. The Morgan fingerprint density at radius 2 is 1.85 bits per heavy atom. The summed E-state index contributed by atoms with van der Waals surface area (Å²) in [6.45, 7) is 3.23. The Labute approximate surface area is 119 Å². The summed E-state index contributed by atoms with van der Waals surface area (Å²) in [4.78, 5) is 11.5. The minimum Gasteiger partial charge on any atom is -0.493 e. The lowest BCUT2D eigenvalue weighted by atomic mass is 10.2. The molecule has 1 aromatic carbocycles. The molecule has 4 N–H and O–H groups in total. The predicted octanol–water partition coefficient (Wildman–Crippen LogP) is 1.61. The Morgan fingerprint density at radius 3 is 2.45 bits per heavy atom. The van der Waals surface area contributed by atoms with Crippen molar-refractivity contribution in [3.63, 3.8) is 0 Å². The quantitative estimate of drug-likeness (QED) is 0.630. The second-order valence-corrected chi connectivity index (χ2v) is 4.32. The lowest BCUT2D eigenvalue weighted by Crippen LogP contribution is -2.25. The lowest BCUT2D eigenvalue weighted by Gasteiger charge is -2.14. The van der Waals surface area contributed by atoms with E-state index in [2.05, 4.69) is 10.6 Å². The number of hydrogen-bond donors (Lipinski definition) is 3. The van der Waals surface area contributed by atoms with Crippen molar-refractivity contribution in [3.8, 4) is 11.5 Å². The van der Waals surface area contributed by atoms with Gasteiger partial charge in [-0.15, -0.1) is 0 Å². The number of nitrogens with one attached hydrogen (secondary N) is 2. The van der Waals surface area contributed by atoms with E-state index in [1.807, 2.05) is 6.92 Å². The number of ether oxygens (including phenoxy) is 2. The fourth-order valence-electron chi connectivity index (χ4n) is 1.71. The van der Waals surface area contributed by atoms with Crippen LogP contribution in [0.5, 0.6) is 11.5 Å². The standard InChI is InChI=1S/C14H23N3O3/c1-4-6-17-14(18)5-7-16-11-9-13(20-3)12(19-2)8-10(11)15/h8-9,16H,4-7,15H2,1-3H3,(H,17,18). The average molecular weight is 281 g/mol. The summed E-state index contributed by atoms with van der Waals surface area (Å²) in [5, 5.41) is 5.94. The maximum Gasteiger partial charge on any atom is 0.221 e. The zero-order valence-electron chi connectivity index (χ0n) is 12.3. The van der Waals surface area contributed by atoms with Crippen LogP contribution >= 0.6 is 0 Å². The largest absolute Gasteiger partial charge is 0.493 e. The highest BCUT2D eigenvalue weighted by Crippen LogP contribution is 2.34. The Bertz CT molecular complexity index is 450. The first kappa shape index (κ1) is 15.9. The van der Waals surface area contributed by atoms with Crippen molar-refractivity contribution in [3.05, 3.63) is 12.1 Å². The molecule has 1 rings (SSSR count). The number of nitrogens with two attached hydrogens (primary N) is 1. The molecule has 0 aromatic heterocycles. The monoisotopic (exact) mass is 281 g/mol. The fraction of sp³-hybridized carbons (Fsp3) is 0.500. The normalized spacial score (nSPS) is 9.95. The number of methoxy groups -OCH3 is 2. The van der Waals surface area contributed by atoms with Crippen molar-refractivity contribution in [1.29, 1.82) is 0 Å². The van der Waals surface area contributed by atoms with Gasteiger partial charge in [0.1, 0.15) is 0 Å². The van der Waals surface area contributed by atoms with E-state index in [4.69, 9.17) is 15.2 Å². The van der Waals surface area contributed by atoms with E-state index < -0.39 is 0 Å². The number of anilines is 2. The van der Waals surface area contributed by atoms with Gasteiger partial charge in [0.15, 0.2) is 11.5 Å². The summed E-state index contributed by atoms with van der Waals surface area (Å²) in [6.07, 6.45) is 1.33. The maximum absolute atomic E-state index is 11.5. The third-order valence-electron chi connectivity index (χ3n) is 2.80. The van der Waals surface area contributed by atoms with Crippen molar-refractivity contribution >= 4 is 17.3 Å². The molecule has 0 unspecified atom stereocenters. The SMILES string of the molecule is CCCNC(=O)CCNc1cc(OC)c(OC)cc1N. The zero-order valence-corrected chi connectivity index (χ0v) is 12.3. The summed E-state index contributed by atoms with van der Waals surface area (Å²) in [5.41, 5.74) is 7.20. The number of hydrogen-bond acceptors (Lipinski definition) is 5. The molecule has 1 aromatic rings. The van der Waals surface area contributed by atoms with Gasteiger partial charge in [-0.1, -0.05) is 6.92 Å². The van der Waals surface area contributed by atoms with Crippen LogP contribution in [0.3, 0.4) is 0 Å². The molecule has 0 heterocycles. The van der Waals surface area contributed by atoms with Gasteiger partial charge in [-0.25, -0.2) is 0 Å². The summed E-state index contributed by atoms with van der Waals surface area (Å²) in [7, 11) is 3.12. The van der Waals surface area contributed by atoms with Crippen molar-refractivity contribution in [2.75, 3.05) is 38.4 Å². The van der Waals surface area contributed by atoms with Gasteiger partial charge in [0.05, 0.1) is 25.6 Å². The topological polar surface area (TPSA) is 85.6 Å². The van der Waals surface area contributed by atoms with Gasteiger partial charge < -0.3 is 25.8 Å². The zero-order chi connectivity index (χ0) is 15.0. The molecule has 6 heteroatoms. The maximum atomic E-state index is 11.5. The molecule has 20 heavy (non-hydrogen) atoms. The first-order chi connectivity index (χ1) is 9.62. The molecule has 6 nitrogen and oxygen atoms in total. The van der Waals surface area contributed by atoms with Crippen LogP contribution in [0.4, 0.5) is 11.4 Å². The smallest absolute Gasteiger partial charge is 0.221 e. The summed E-state index contributed by atoms with van der Waals surface area (Å²) < 4.78 is 10.4. The van der Waals surface area contributed by atoms with Crippen LogP contribution in [0.1, 0.15) is 19.8 Å². The Morgan fingerprint density at radius 1 is 1.20 bits per heavy atom. The molecule has 0 aliphatic rings. The first-order valence-corrected chi connectivity index (χ1v) is 6.64. The van der Waals surface area contributed by atoms with Gasteiger partial charge in [-0.2, -0.15) is 0 Å². The van der Waals surface area contributed by atoms with E-state index >= 15 is 0 Å². The van der Waals surface area contributed by atoms with Crippen LogP contribution in [-0.2, 0) is 4.79 Å². The molecule has 0 saturated carbocycles. The van der Waals surface area contributed by atoms with E-state index in [1.54, 1.807) is 26.4 Å². The van der Waals surface area contributed by atoms with Crippen LogP contribution in [0.2, 0.25) is 0 Å². The van der Waals surface area contributed by atoms with Crippen LogP contribution in [-0.4, -0.2) is 33.2 Å². The van der Waals surface area contributed by atoms with E-state index in [1.165, 1.54) is 0 Å². The molecule has 0 aliphatic heterocycles. The highest BCUT2D eigenvalue weighted by molar-refractivity contribution is 5.77. The molecule has 1 amide bonds. The summed E-state index contributed by atoms with van der Waals surface area (Å²) in [6, 6.07) is 3.45. The average Bonchev–Trinajstić information content (AvgIpc) is 2.46. The Balaban J connectivity index is 2.57. The molecular formula is C14H23N3O3. The number of benzene rings is 1. The number of rotatable bonds is 8. The van der Waals surface area contributed by atoms with Gasteiger partial charge in [0.25, 0.3) is 0 Å². The molecule has 0 bridgehead atoms. The van der Waals surface area contributed by atoms with Crippen LogP contribution < -0.4 is 25.8 Å². The van der Waals surface area contributed by atoms with Gasteiger partial charge >= 0.3 is 0 Å². The van der Waals surface area contributed by atoms with Crippen LogP contribution in [0.25, 0.3) is 0 Å². The van der Waals surface area contributed by atoms with E-state index in [9.17, 15) is 4.79 Å². The van der Waals surface area contributed by atoms with Crippen molar-refractivity contribution in [1.82, 2.24) is 5.32 Å². The molecule has 0 saturated heterocycles. The van der Waals surface area contributed by atoms with Gasteiger partial charge in [-0.3, -0.25) is 4.79 Å². The predicted molar refractivity (Wildman–Crippen MR) is 80.4 cm³/mol. The van der Waals surface area contributed by atoms with Crippen molar-refractivity contribution in [2.24, 2.45) is 0 Å². The fourth-order valence-corrected chi connectivity index (χ4v) is 1.71. The summed E-state index contributed by atoms with van der Waals surface area (Å²) >= 11 is 0. The second kappa shape index (κ2) is 8.14. The minimum absolute atomic E-state index is 0.0263. The second-order valence-electron chi connectivity index (χ2n) is 4.32. The third kappa shape index (κ3) is 4.53. The van der Waals surface area contributed by atoms with E-state index in [-0.39, 0.29) is 5.91 Å². The molecular weight excluding hydrogens is 258 g/mol. The van der Waals surface area contributed by atoms with E-state index in [0.29, 0.717) is 36.7 Å². The molecule has 0 atom stereocenters. The van der Waals surface area contributed by atoms with Crippen LogP contribution in [0, 0.1) is 0 Å². The highest BCUT2D eigenvalue weighted by Gasteiger charge is 2.09. The molecule has 112 valence electrons. The van der Waals surface area contributed by atoms with E-state index in [0.717, 1.165) is 12.1 Å². The minimum atomic E-state index is 0.0263. The Hall–Kier alpha value is -2.11. The van der Waals surface area contributed by atoms with Gasteiger partial charge in [-0.05, 0) is 6.42 Å². The Kier molecular flexibility index (Phi) is 6.49. The molecule has 0 spiro atoms. The number of nitrogen functional groups attached to an aromatic ring is 1. The third-order valence-corrected chi connectivity index (χ3v) is 2.80. The molecule has 0 aliphatic carbocycles. The van der Waals surface area contributed by atoms with Gasteiger partial charge in [0, 0.05) is 31.6 Å². The molecule has 0 fully saturated rings.